The van der Waals surface area contributed by atoms with Gasteiger partial charge < -0.3 is 10.1 Å². The van der Waals surface area contributed by atoms with Crippen LogP contribution >= 0.6 is 45.5 Å². The lowest BCUT2D eigenvalue weighted by Gasteiger charge is -2.05. The molecule has 0 aliphatic heterocycles. The minimum absolute atomic E-state index is 0.149. The van der Waals surface area contributed by atoms with Crippen molar-refractivity contribution in [3.8, 4) is 0 Å². The number of carbonyl (C=O) groups is 2. The molecule has 21 heavy (non-hydrogen) atoms. The minimum Gasteiger partial charge on any atom is -0.461 e. The quantitative estimate of drug-likeness (QED) is 0.584. The molecule has 0 radical (unpaired) electrons. The van der Waals surface area contributed by atoms with Crippen molar-refractivity contribution in [1.29, 1.82) is 0 Å². The van der Waals surface area contributed by atoms with E-state index in [1.807, 2.05) is 6.07 Å². The number of thiazole rings is 1. The van der Waals surface area contributed by atoms with Crippen LogP contribution in [0.1, 0.15) is 27.2 Å². The zero-order valence-corrected chi connectivity index (χ0v) is 14.6. The first-order chi connectivity index (χ1) is 10.0. The van der Waals surface area contributed by atoms with Gasteiger partial charge in [0, 0.05) is 8.95 Å². The molecule has 110 valence electrons. The Morgan fingerprint density at radius 2 is 2.24 bits per heavy atom. The van der Waals surface area contributed by atoms with E-state index in [9.17, 15) is 9.59 Å². The molecular weight excluding hydrogens is 427 g/mol. The predicted molar refractivity (Wildman–Crippen MR) is 90.2 cm³/mol. The summed E-state index contributed by atoms with van der Waals surface area (Å²) >= 11 is 9.24. The lowest BCUT2D eigenvalue weighted by atomic mass is 10.3. The van der Waals surface area contributed by atoms with Gasteiger partial charge in [-0.1, -0.05) is 11.6 Å². The average Bonchev–Trinajstić information content (AvgIpc) is 2.92. The van der Waals surface area contributed by atoms with Crippen molar-refractivity contribution in [3.63, 3.8) is 0 Å². The van der Waals surface area contributed by atoms with Crippen LogP contribution in [0.2, 0.25) is 5.02 Å². The van der Waals surface area contributed by atoms with E-state index < -0.39 is 11.9 Å². The van der Waals surface area contributed by atoms with Crippen LogP contribution in [0.3, 0.4) is 0 Å². The van der Waals surface area contributed by atoms with Crippen molar-refractivity contribution in [2.45, 2.75) is 6.92 Å². The first-order valence-corrected chi connectivity index (χ1v) is 8.24. The van der Waals surface area contributed by atoms with Gasteiger partial charge in [0.05, 0.1) is 17.3 Å². The average molecular weight is 437 g/mol. The highest BCUT2D eigenvalue weighted by molar-refractivity contribution is 14.1. The molecule has 1 aromatic heterocycles. The molecule has 5 nitrogen and oxygen atoms in total. The molecule has 0 fully saturated rings. The van der Waals surface area contributed by atoms with E-state index in [0.717, 1.165) is 14.9 Å². The molecule has 0 saturated carbocycles. The summed E-state index contributed by atoms with van der Waals surface area (Å²) in [5.41, 5.74) is 0.644. The fraction of sp³-hybridized carbons (Fsp3) is 0.154. The summed E-state index contributed by atoms with van der Waals surface area (Å²) in [6.07, 6.45) is 0. The fourth-order valence-electron chi connectivity index (χ4n) is 1.44. The van der Waals surface area contributed by atoms with Crippen molar-refractivity contribution in [2.75, 3.05) is 11.9 Å². The molecule has 2 rings (SSSR count). The summed E-state index contributed by atoms with van der Waals surface area (Å²) in [5, 5.41) is 4.75. The van der Waals surface area contributed by atoms with E-state index in [1.54, 1.807) is 19.1 Å². The number of halogens is 2. The molecule has 1 amide bonds. The second-order valence-corrected chi connectivity index (χ2v) is 6.35. The van der Waals surface area contributed by atoms with Gasteiger partial charge in [-0.15, -0.1) is 11.3 Å². The van der Waals surface area contributed by atoms with Crippen LogP contribution in [-0.4, -0.2) is 23.5 Å². The molecule has 0 saturated heterocycles. The first-order valence-electron chi connectivity index (χ1n) is 5.90. The Kier molecular flexibility index (Phi) is 5.54. The SMILES string of the molecule is CCOC(=O)c1nc(C(=O)Nc2ccc(I)cc2Cl)cs1. The number of amides is 1. The number of aromatic nitrogens is 1. The second kappa shape index (κ2) is 7.19. The number of anilines is 1. The van der Waals surface area contributed by atoms with Gasteiger partial charge in [-0.05, 0) is 47.7 Å². The zero-order chi connectivity index (χ0) is 15.4. The number of nitrogens with one attached hydrogen (secondary N) is 1. The van der Waals surface area contributed by atoms with Crippen LogP contribution < -0.4 is 5.32 Å². The Morgan fingerprint density at radius 3 is 2.90 bits per heavy atom. The summed E-state index contributed by atoms with van der Waals surface area (Å²) in [5.74, 6) is -0.959. The molecule has 2 aromatic rings. The number of rotatable bonds is 4. The van der Waals surface area contributed by atoms with E-state index in [-0.39, 0.29) is 17.3 Å². The number of hydrogen-bond acceptors (Lipinski definition) is 5. The van der Waals surface area contributed by atoms with Gasteiger partial charge in [-0.2, -0.15) is 0 Å². The number of hydrogen-bond donors (Lipinski definition) is 1. The smallest absolute Gasteiger partial charge is 0.367 e. The molecule has 0 spiro atoms. The Balaban J connectivity index is 2.12. The largest absolute Gasteiger partial charge is 0.461 e. The number of nitrogens with zero attached hydrogens (tertiary/aromatic N) is 1. The number of ether oxygens (including phenoxy) is 1. The van der Waals surface area contributed by atoms with Crippen LogP contribution in [0.5, 0.6) is 0 Å². The monoisotopic (exact) mass is 436 g/mol. The van der Waals surface area contributed by atoms with Crippen LogP contribution in [-0.2, 0) is 4.74 Å². The third kappa shape index (κ3) is 4.14. The Hall–Kier alpha value is -1.19. The number of esters is 1. The highest BCUT2D eigenvalue weighted by Crippen LogP contribution is 2.24. The van der Waals surface area contributed by atoms with Gasteiger partial charge in [0.2, 0.25) is 5.01 Å². The van der Waals surface area contributed by atoms with Gasteiger partial charge in [0.15, 0.2) is 0 Å². The first kappa shape index (κ1) is 16.2. The topological polar surface area (TPSA) is 68.3 Å². The molecule has 0 bridgehead atoms. The van der Waals surface area contributed by atoms with E-state index in [1.165, 1.54) is 5.38 Å². The van der Waals surface area contributed by atoms with Gasteiger partial charge in [-0.25, -0.2) is 9.78 Å². The molecule has 8 heteroatoms. The van der Waals surface area contributed by atoms with Gasteiger partial charge >= 0.3 is 5.97 Å². The van der Waals surface area contributed by atoms with Gasteiger partial charge in [-0.3, -0.25) is 4.79 Å². The summed E-state index contributed by atoms with van der Waals surface area (Å²) in [4.78, 5) is 27.5. The molecule has 0 unspecified atom stereocenters. The van der Waals surface area contributed by atoms with Crippen molar-refractivity contribution in [3.05, 3.63) is 42.9 Å². The fourth-order valence-corrected chi connectivity index (χ4v) is 3.03. The molecule has 1 N–H and O–H groups in total. The highest BCUT2D eigenvalue weighted by Gasteiger charge is 2.17. The molecule has 0 aliphatic rings. The maximum atomic E-state index is 12.1. The summed E-state index contributed by atoms with van der Waals surface area (Å²) in [7, 11) is 0. The third-order valence-electron chi connectivity index (χ3n) is 2.37. The van der Waals surface area contributed by atoms with E-state index in [2.05, 4.69) is 32.9 Å². The Labute approximate surface area is 143 Å². The standard InChI is InChI=1S/C13H10ClIN2O3S/c1-2-20-13(19)12-17-10(6-21-12)11(18)16-9-4-3-7(15)5-8(9)14/h3-6H,2H2,1H3,(H,16,18). The molecule has 0 aliphatic carbocycles. The molecule has 0 atom stereocenters. The molecular formula is C13H10ClIN2O3S. The molecule has 1 aromatic carbocycles. The van der Waals surface area contributed by atoms with Crippen LogP contribution in [0.15, 0.2) is 23.6 Å². The third-order valence-corrected chi connectivity index (χ3v) is 4.17. The Bertz CT molecular complexity index is 690. The van der Waals surface area contributed by atoms with E-state index in [0.29, 0.717) is 10.7 Å². The van der Waals surface area contributed by atoms with Crippen molar-refractivity contribution >= 4 is 63.1 Å². The lowest BCUT2D eigenvalue weighted by molar-refractivity contribution is 0.0526. The zero-order valence-electron chi connectivity index (χ0n) is 10.9. The van der Waals surface area contributed by atoms with Crippen molar-refractivity contribution in [1.82, 2.24) is 4.98 Å². The minimum atomic E-state index is -0.533. The summed E-state index contributed by atoms with van der Waals surface area (Å²) in [6.45, 7) is 1.97. The second-order valence-electron chi connectivity index (χ2n) is 3.84. The van der Waals surface area contributed by atoms with Crippen molar-refractivity contribution < 1.29 is 14.3 Å². The molecule has 1 heterocycles. The summed E-state index contributed by atoms with van der Waals surface area (Å²) < 4.78 is 5.79. The lowest BCUT2D eigenvalue weighted by Crippen LogP contribution is -2.13. The highest BCUT2D eigenvalue weighted by atomic mass is 127. The van der Waals surface area contributed by atoms with Crippen LogP contribution in [0.4, 0.5) is 5.69 Å². The van der Waals surface area contributed by atoms with E-state index >= 15 is 0 Å². The van der Waals surface area contributed by atoms with Gasteiger partial charge in [0.25, 0.3) is 5.91 Å². The maximum absolute atomic E-state index is 12.1. The van der Waals surface area contributed by atoms with Gasteiger partial charge in [0.1, 0.15) is 5.69 Å². The van der Waals surface area contributed by atoms with Crippen LogP contribution in [0.25, 0.3) is 0 Å². The number of benzene rings is 1. The van der Waals surface area contributed by atoms with E-state index in [4.69, 9.17) is 16.3 Å². The van der Waals surface area contributed by atoms with Crippen molar-refractivity contribution in [2.24, 2.45) is 0 Å². The predicted octanol–water partition coefficient (Wildman–Crippen LogP) is 3.83. The number of carbonyl (C=O) groups excluding carboxylic acids is 2. The summed E-state index contributed by atoms with van der Waals surface area (Å²) in [6, 6.07) is 5.27. The maximum Gasteiger partial charge on any atom is 0.367 e. The van der Waals surface area contributed by atoms with Crippen LogP contribution in [0, 0.1) is 3.57 Å². The normalized spacial score (nSPS) is 10.2. The Morgan fingerprint density at radius 1 is 1.48 bits per heavy atom.